The Bertz CT molecular complexity index is 224. The minimum atomic E-state index is -0.209. The van der Waals surface area contributed by atoms with Gasteiger partial charge in [-0.25, -0.2) is 4.98 Å². The van der Waals surface area contributed by atoms with Crippen LogP contribution < -0.4 is 0 Å². The monoisotopic (exact) mass is 200 g/mol. The first kappa shape index (κ1) is 10.6. The lowest BCUT2D eigenvalue weighted by molar-refractivity contribution is 0.163. The van der Waals surface area contributed by atoms with Crippen LogP contribution in [0.1, 0.15) is 18.4 Å². The molecule has 0 aliphatic rings. The standard InChI is InChI=1S/C9H16N2OS/c1-8(12)3-5-11(2)7-9-10-4-6-13-9/h4,6,8,12H,3,5,7H2,1-2H3. The summed E-state index contributed by atoms with van der Waals surface area (Å²) in [5.41, 5.74) is 0. The molecule has 1 N–H and O–H groups in total. The van der Waals surface area contributed by atoms with Crippen LogP contribution >= 0.6 is 11.3 Å². The van der Waals surface area contributed by atoms with E-state index in [-0.39, 0.29) is 6.10 Å². The molecule has 0 aromatic carbocycles. The Hall–Kier alpha value is -0.450. The normalized spacial score (nSPS) is 13.5. The molecule has 0 spiro atoms. The Morgan fingerprint density at radius 3 is 3.00 bits per heavy atom. The van der Waals surface area contributed by atoms with Crippen LogP contribution in [-0.2, 0) is 6.54 Å². The molecule has 1 rings (SSSR count). The van der Waals surface area contributed by atoms with Gasteiger partial charge in [-0.1, -0.05) is 0 Å². The molecule has 1 heterocycles. The average Bonchev–Trinajstić information content (AvgIpc) is 2.53. The van der Waals surface area contributed by atoms with E-state index in [1.165, 1.54) is 0 Å². The molecule has 0 fully saturated rings. The third-order valence-corrected chi connectivity index (χ3v) is 2.58. The van der Waals surface area contributed by atoms with Gasteiger partial charge in [0.1, 0.15) is 5.01 Å². The number of rotatable bonds is 5. The molecule has 0 bridgehead atoms. The maximum atomic E-state index is 9.09. The molecule has 1 unspecified atom stereocenters. The first-order valence-corrected chi connectivity index (χ1v) is 5.31. The van der Waals surface area contributed by atoms with Crippen LogP contribution in [0, 0.1) is 0 Å². The van der Waals surface area contributed by atoms with Gasteiger partial charge < -0.3 is 5.11 Å². The molecule has 0 saturated heterocycles. The summed E-state index contributed by atoms with van der Waals surface area (Å²) in [6.45, 7) is 3.61. The Kier molecular flexibility index (Phi) is 4.35. The Balaban J connectivity index is 2.22. The first-order chi connectivity index (χ1) is 6.18. The van der Waals surface area contributed by atoms with E-state index in [0.29, 0.717) is 0 Å². The summed E-state index contributed by atoms with van der Waals surface area (Å²) in [4.78, 5) is 6.37. The lowest BCUT2D eigenvalue weighted by Gasteiger charge is -2.15. The van der Waals surface area contributed by atoms with Crippen molar-refractivity contribution in [2.24, 2.45) is 0 Å². The Morgan fingerprint density at radius 1 is 1.69 bits per heavy atom. The van der Waals surface area contributed by atoms with Crippen molar-refractivity contribution >= 4 is 11.3 Å². The second kappa shape index (κ2) is 5.32. The van der Waals surface area contributed by atoms with Gasteiger partial charge in [0.2, 0.25) is 0 Å². The zero-order valence-electron chi connectivity index (χ0n) is 8.10. The molecule has 0 aliphatic heterocycles. The summed E-state index contributed by atoms with van der Waals surface area (Å²) in [7, 11) is 2.05. The fourth-order valence-electron chi connectivity index (χ4n) is 1.05. The molecular formula is C9H16N2OS. The highest BCUT2D eigenvalue weighted by atomic mass is 32.1. The summed E-state index contributed by atoms with van der Waals surface area (Å²) in [6, 6.07) is 0. The Labute approximate surface area is 83.0 Å². The summed E-state index contributed by atoms with van der Waals surface area (Å²) >= 11 is 1.67. The molecule has 1 atom stereocenters. The topological polar surface area (TPSA) is 36.4 Å². The molecule has 3 nitrogen and oxygen atoms in total. The van der Waals surface area contributed by atoms with E-state index >= 15 is 0 Å². The number of hydrogen-bond acceptors (Lipinski definition) is 4. The molecule has 1 aromatic rings. The lowest BCUT2D eigenvalue weighted by Crippen LogP contribution is -2.21. The number of aromatic nitrogens is 1. The lowest BCUT2D eigenvalue weighted by atomic mass is 10.3. The van der Waals surface area contributed by atoms with E-state index in [2.05, 4.69) is 9.88 Å². The van der Waals surface area contributed by atoms with Crippen LogP contribution in [0.5, 0.6) is 0 Å². The highest BCUT2D eigenvalue weighted by molar-refractivity contribution is 7.09. The molecule has 13 heavy (non-hydrogen) atoms. The predicted octanol–water partition coefficient (Wildman–Crippen LogP) is 1.35. The van der Waals surface area contributed by atoms with Gasteiger partial charge in [-0.05, 0) is 20.4 Å². The summed E-state index contributed by atoms with van der Waals surface area (Å²) < 4.78 is 0. The van der Waals surface area contributed by atoms with Crippen LogP contribution in [-0.4, -0.2) is 34.7 Å². The largest absolute Gasteiger partial charge is 0.393 e. The second-order valence-corrected chi connectivity index (χ2v) is 4.28. The fourth-order valence-corrected chi connectivity index (χ4v) is 1.74. The van der Waals surface area contributed by atoms with Gasteiger partial charge in [0.05, 0.1) is 12.6 Å². The van der Waals surface area contributed by atoms with E-state index in [1.807, 2.05) is 25.5 Å². The van der Waals surface area contributed by atoms with Crippen molar-refractivity contribution in [3.8, 4) is 0 Å². The fraction of sp³-hybridized carbons (Fsp3) is 0.667. The molecule has 0 radical (unpaired) electrons. The van der Waals surface area contributed by atoms with Crippen molar-refractivity contribution in [3.63, 3.8) is 0 Å². The number of thiazole rings is 1. The van der Waals surface area contributed by atoms with Gasteiger partial charge in [0.25, 0.3) is 0 Å². The quantitative estimate of drug-likeness (QED) is 0.779. The maximum Gasteiger partial charge on any atom is 0.107 e. The number of nitrogens with zero attached hydrogens (tertiary/aromatic N) is 2. The van der Waals surface area contributed by atoms with Gasteiger partial charge in [-0.15, -0.1) is 11.3 Å². The van der Waals surface area contributed by atoms with E-state index in [4.69, 9.17) is 5.11 Å². The van der Waals surface area contributed by atoms with Crippen molar-refractivity contribution in [1.29, 1.82) is 0 Å². The van der Waals surface area contributed by atoms with Crippen LogP contribution in [0.3, 0.4) is 0 Å². The van der Waals surface area contributed by atoms with Gasteiger partial charge in [-0.2, -0.15) is 0 Å². The molecule has 1 aromatic heterocycles. The Morgan fingerprint density at radius 2 is 2.46 bits per heavy atom. The predicted molar refractivity (Wildman–Crippen MR) is 54.7 cm³/mol. The summed E-state index contributed by atoms with van der Waals surface area (Å²) in [6.07, 6.45) is 2.43. The van der Waals surface area contributed by atoms with Gasteiger partial charge in [0.15, 0.2) is 0 Å². The van der Waals surface area contributed by atoms with Crippen molar-refractivity contribution < 1.29 is 5.11 Å². The smallest absolute Gasteiger partial charge is 0.107 e. The van der Waals surface area contributed by atoms with E-state index in [1.54, 1.807) is 11.3 Å². The van der Waals surface area contributed by atoms with Crippen LogP contribution in [0.4, 0.5) is 0 Å². The van der Waals surface area contributed by atoms with Crippen molar-refractivity contribution in [2.45, 2.75) is 26.0 Å². The van der Waals surface area contributed by atoms with E-state index < -0.39 is 0 Å². The average molecular weight is 200 g/mol. The van der Waals surface area contributed by atoms with Crippen molar-refractivity contribution in [2.75, 3.05) is 13.6 Å². The highest BCUT2D eigenvalue weighted by Gasteiger charge is 2.03. The van der Waals surface area contributed by atoms with Crippen LogP contribution in [0.15, 0.2) is 11.6 Å². The molecular weight excluding hydrogens is 184 g/mol. The summed E-state index contributed by atoms with van der Waals surface area (Å²) in [5, 5.41) is 12.2. The zero-order valence-corrected chi connectivity index (χ0v) is 8.92. The van der Waals surface area contributed by atoms with Crippen LogP contribution in [0.25, 0.3) is 0 Å². The molecule has 74 valence electrons. The van der Waals surface area contributed by atoms with E-state index in [0.717, 1.165) is 24.5 Å². The first-order valence-electron chi connectivity index (χ1n) is 4.43. The van der Waals surface area contributed by atoms with Gasteiger partial charge in [-0.3, -0.25) is 4.90 Å². The minimum Gasteiger partial charge on any atom is -0.393 e. The van der Waals surface area contributed by atoms with E-state index in [9.17, 15) is 0 Å². The van der Waals surface area contributed by atoms with Crippen LogP contribution in [0.2, 0.25) is 0 Å². The molecule has 0 saturated carbocycles. The maximum absolute atomic E-state index is 9.09. The van der Waals surface area contributed by atoms with Gasteiger partial charge in [0, 0.05) is 18.1 Å². The van der Waals surface area contributed by atoms with Crippen molar-refractivity contribution in [3.05, 3.63) is 16.6 Å². The SMILES string of the molecule is CC(O)CCN(C)Cc1nccs1. The highest BCUT2D eigenvalue weighted by Crippen LogP contribution is 2.07. The minimum absolute atomic E-state index is 0.209. The third kappa shape index (κ3) is 4.36. The number of aliphatic hydroxyl groups is 1. The number of aliphatic hydroxyl groups excluding tert-OH is 1. The zero-order chi connectivity index (χ0) is 9.68. The van der Waals surface area contributed by atoms with Gasteiger partial charge >= 0.3 is 0 Å². The summed E-state index contributed by atoms with van der Waals surface area (Å²) in [5.74, 6) is 0. The molecule has 4 heteroatoms. The third-order valence-electron chi connectivity index (χ3n) is 1.82. The molecule has 0 aliphatic carbocycles. The van der Waals surface area contributed by atoms with Crippen molar-refractivity contribution in [1.82, 2.24) is 9.88 Å². The number of hydrogen-bond donors (Lipinski definition) is 1. The molecule has 0 amide bonds. The second-order valence-electron chi connectivity index (χ2n) is 3.30.